The van der Waals surface area contributed by atoms with E-state index in [1.54, 1.807) is 12.7 Å². The van der Waals surface area contributed by atoms with Gasteiger partial charge in [-0.05, 0) is 112 Å². The zero-order valence-corrected chi connectivity index (χ0v) is 18.2. The Labute approximate surface area is 167 Å². The largest absolute Gasteiger partial charge is 0.387 e. The van der Waals surface area contributed by atoms with Crippen molar-refractivity contribution in [1.82, 2.24) is 0 Å². The van der Waals surface area contributed by atoms with Crippen LogP contribution in [0, 0.1) is 34.5 Å². The number of ether oxygens (including phenoxy) is 1. The highest BCUT2D eigenvalue weighted by Gasteiger charge is 2.58. The number of aliphatic hydroxyl groups is 1. The van der Waals surface area contributed by atoms with Crippen LogP contribution in [0.15, 0.2) is 11.6 Å². The van der Waals surface area contributed by atoms with E-state index in [-0.39, 0.29) is 0 Å². The van der Waals surface area contributed by atoms with Gasteiger partial charge in [0.25, 0.3) is 0 Å². The van der Waals surface area contributed by atoms with Crippen molar-refractivity contribution in [2.75, 3.05) is 13.7 Å². The molecule has 4 saturated carbocycles. The van der Waals surface area contributed by atoms with Crippen LogP contribution in [0.2, 0.25) is 0 Å². The SMILES string of the molecule is C/C=C1/CCCC2[C@@H]3CCC4CC(O)(COC)CCC[C@]4(C)C3CC[C@]12C. The van der Waals surface area contributed by atoms with Gasteiger partial charge < -0.3 is 9.84 Å². The lowest BCUT2D eigenvalue weighted by molar-refractivity contribution is -0.114. The molecule has 0 amide bonds. The number of rotatable bonds is 2. The summed E-state index contributed by atoms with van der Waals surface area (Å²) in [5.74, 6) is 3.36. The Morgan fingerprint density at radius 2 is 1.85 bits per heavy atom. The Morgan fingerprint density at radius 3 is 2.59 bits per heavy atom. The van der Waals surface area contributed by atoms with E-state index in [4.69, 9.17) is 4.74 Å². The van der Waals surface area contributed by atoms with Crippen molar-refractivity contribution in [2.45, 2.75) is 97.0 Å². The third kappa shape index (κ3) is 3.14. The van der Waals surface area contributed by atoms with Gasteiger partial charge in [-0.15, -0.1) is 0 Å². The smallest absolute Gasteiger partial charge is 0.0882 e. The molecule has 0 aromatic rings. The normalized spacial score (nSPS) is 51.8. The highest BCUT2D eigenvalue weighted by atomic mass is 16.5. The first-order chi connectivity index (χ1) is 12.9. The molecule has 0 radical (unpaired) electrons. The van der Waals surface area contributed by atoms with E-state index in [2.05, 4.69) is 26.8 Å². The van der Waals surface area contributed by atoms with Gasteiger partial charge in [0.2, 0.25) is 0 Å². The van der Waals surface area contributed by atoms with Gasteiger partial charge in [0, 0.05) is 7.11 Å². The number of hydrogen-bond donors (Lipinski definition) is 1. The molecule has 27 heavy (non-hydrogen) atoms. The second kappa shape index (κ2) is 7.17. The molecule has 0 spiro atoms. The van der Waals surface area contributed by atoms with Crippen LogP contribution >= 0.6 is 0 Å². The van der Waals surface area contributed by atoms with Crippen molar-refractivity contribution in [2.24, 2.45) is 34.5 Å². The molecule has 2 nitrogen and oxygen atoms in total. The molecule has 4 aliphatic carbocycles. The summed E-state index contributed by atoms with van der Waals surface area (Å²) >= 11 is 0. The molecule has 0 aliphatic heterocycles. The fraction of sp³-hybridized carbons (Fsp3) is 0.920. The van der Waals surface area contributed by atoms with Crippen LogP contribution in [-0.4, -0.2) is 24.4 Å². The van der Waals surface area contributed by atoms with Gasteiger partial charge in [-0.25, -0.2) is 0 Å². The van der Waals surface area contributed by atoms with E-state index in [0.29, 0.717) is 23.4 Å². The summed E-state index contributed by atoms with van der Waals surface area (Å²) in [5.41, 5.74) is 2.07. The monoisotopic (exact) mass is 374 g/mol. The van der Waals surface area contributed by atoms with Crippen LogP contribution in [0.1, 0.15) is 91.4 Å². The number of fused-ring (bicyclic) bond motifs is 5. The van der Waals surface area contributed by atoms with Gasteiger partial charge in [-0.2, -0.15) is 0 Å². The van der Waals surface area contributed by atoms with Crippen LogP contribution in [0.5, 0.6) is 0 Å². The molecule has 0 heterocycles. The fourth-order valence-electron chi connectivity index (χ4n) is 8.54. The number of methoxy groups -OCH3 is 1. The maximum atomic E-state index is 11.2. The molecule has 4 fully saturated rings. The summed E-state index contributed by atoms with van der Waals surface area (Å²) < 4.78 is 5.41. The first-order valence-corrected chi connectivity index (χ1v) is 11.7. The van der Waals surface area contributed by atoms with Crippen LogP contribution in [0.3, 0.4) is 0 Å². The Hall–Kier alpha value is -0.340. The Morgan fingerprint density at radius 1 is 1.04 bits per heavy atom. The lowest BCUT2D eigenvalue weighted by Crippen LogP contribution is -2.54. The van der Waals surface area contributed by atoms with Crippen molar-refractivity contribution in [3.8, 4) is 0 Å². The first kappa shape index (κ1) is 20.0. The van der Waals surface area contributed by atoms with Crippen molar-refractivity contribution >= 4 is 0 Å². The second-order valence-electron chi connectivity index (χ2n) is 11.0. The van der Waals surface area contributed by atoms with Crippen molar-refractivity contribution in [3.05, 3.63) is 11.6 Å². The minimum absolute atomic E-state index is 0.427. The maximum Gasteiger partial charge on any atom is 0.0882 e. The van der Waals surface area contributed by atoms with Crippen molar-refractivity contribution < 1.29 is 9.84 Å². The molecule has 4 aliphatic rings. The summed E-state index contributed by atoms with van der Waals surface area (Å²) in [5, 5.41) is 11.2. The van der Waals surface area contributed by atoms with E-state index in [1.165, 1.54) is 51.4 Å². The Kier molecular flexibility index (Phi) is 5.30. The summed E-state index contributed by atoms with van der Waals surface area (Å²) in [4.78, 5) is 0. The Balaban J connectivity index is 1.61. The molecule has 0 aromatic carbocycles. The molecule has 4 unspecified atom stereocenters. The quantitative estimate of drug-likeness (QED) is 0.589. The van der Waals surface area contributed by atoms with Crippen molar-refractivity contribution in [1.29, 1.82) is 0 Å². The second-order valence-corrected chi connectivity index (χ2v) is 11.0. The lowest BCUT2D eigenvalue weighted by Gasteiger charge is -2.61. The predicted octanol–water partition coefficient (Wildman–Crippen LogP) is 6.13. The molecule has 4 rings (SSSR count). The predicted molar refractivity (Wildman–Crippen MR) is 112 cm³/mol. The highest BCUT2D eigenvalue weighted by molar-refractivity contribution is 5.21. The maximum absolute atomic E-state index is 11.2. The summed E-state index contributed by atoms with van der Waals surface area (Å²) in [6, 6.07) is 0. The third-order valence-corrected chi connectivity index (χ3v) is 9.90. The van der Waals surface area contributed by atoms with Gasteiger partial charge in [0.1, 0.15) is 0 Å². The van der Waals surface area contributed by atoms with Crippen molar-refractivity contribution in [3.63, 3.8) is 0 Å². The van der Waals surface area contributed by atoms with E-state index < -0.39 is 5.60 Å². The van der Waals surface area contributed by atoms with E-state index in [0.717, 1.165) is 37.0 Å². The average molecular weight is 375 g/mol. The van der Waals surface area contributed by atoms with Crippen LogP contribution in [0.4, 0.5) is 0 Å². The molecule has 154 valence electrons. The number of allylic oxidation sites excluding steroid dienone is 2. The lowest BCUT2D eigenvalue weighted by atomic mass is 9.43. The summed E-state index contributed by atoms with van der Waals surface area (Å²) in [7, 11) is 1.74. The van der Waals surface area contributed by atoms with E-state index in [1.807, 2.05) is 0 Å². The average Bonchev–Trinajstić information content (AvgIpc) is 2.76. The molecule has 0 saturated heterocycles. The van der Waals surface area contributed by atoms with Gasteiger partial charge in [-0.1, -0.05) is 25.5 Å². The molecular formula is C25H42O2. The Bertz CT molecular complexity index is 583. The zero-order chi connectivity index (χ0) is 19.3. The zero-order valence-electron chi connectivity index (χ0n) is 18.2. The summed E-state index contributed by atoms with van der Waals surface area (Å²) in [6.07, 6.45) is 16.5. The van der Waals surface area contributed by atoms with Gasteiger partial charge in [0.05, 0.1) is 12.2 Å². The van der Waals surface area contributed by atoms with Crippen LogP contribution < -0.4 is 0 Å². The summed E-state index contributed by atoms with van der Waals surface area (Å²) in [6.45, 7) is 7.99. The molecule has 2 heteroatoms. The molecule has 1 N–H and O–H groups in total. The third-order valence-electron chi connectivity index (χ3n) is 9.90. The van der Waals surface area contributed by atoms with E-state index in [9.17, 15) is 5.11 Å². The van der Waals surface area contributed by atoms with Gasteiger partial charge in [0.15, 0.2) is 0 Å². The molecule has 0 aromatic heterocycles. The standard InChI is InChI=1S/C25H42O2/c1-5-18-8-6-9-21-20-11-10-19-16-25(26,17-27-4)14-7-13-23(19,2)22(20)12-15-24(18,21)3/h5,19-22,26H,6-17H2,1-4H3/b18-5-/t19?,20-,21?,22?,23-,24+,25?/m0/s1. The minimum atomic E-state index is -0.587. The van der Waals surface area contributed by atoms with Crippen LogP contribution in [-0.2, 0) is 4.74 Å². The molecule has 0 bridgehead atoms. The first-order valence-electron chi connectivity index (χ1n) is 11.7. The van der Waals surface area contributed by atoms with Gasteiger partial charge >= 0.3 is 0 Å². The molecular weight excluding hydrogens is 332 g/mol. The highest BCUT2D eigenvalue weighted by Crippen LogP contribution is 2.66. The fourth-order valence-corrected chi connectivity index (χ4v) is 8.54. The van der Waals surface area contributed by atoms with Gasteiger partial charge in [-0.3, -0.25) is 0 Å². The van der Waals surface area contributed by atoms with E-state index >= 15 is 0 Å². The van der Waals surface area contributed by atoms with Crippen LogP contribution in [0.25, 0.3) is 0 Å². The molecule has 7 atom stereocenters. The topological polar surface area (TPSA) is 29.5 Å². The minimum Gasteiger partial charge on any atom is -0.387 e. The number of hydrogen-bond acceptors (Lipinski definition) is 2.